The number of piperidine rings is 1. The third-order valence-corrected chi connectivity index (χ3v) is 4.91. The third-order valence-electron chi connectivity index (χ3n) is 4.91. The predicted molar refractivity (Wildman–Crippen MR) is 87.8 cm³/mol. The van der Waals surface area contributed by atoms with Gasteiger partial charge in [0.15, 0.2) is 0 Å². The summed E-state index contributed by atoms with van der Waals surface area (Å²) in [5.41, 5.74) is 0.581. The fourth-order valence-electron chi connectivity index (χ4n) is 3.73. The molecule has 1 atom stereocenters. The zero-order valence-electron chi connectivity index (χ0n) is 13.4. The summed E-state index contributed by atoms with van der Waals surface area (Å²) in [6, 6.07) is 5.56. The molecule has 1 aromatic rings. The molecule has 0 aromatic carbocycles. The number of carbonyl (C=O) groups excluding carboxylic acids is 1. The van der Waals surface area contributed by atoms with Gasteiger partial charge in [0.2, 0.25) is 0 Å². The van der Waals surface area contributed by atoms with Crippen LogP contribution in [0.25, 0.3) is 0 Å². The summed E-state index contributed by atoms with van der Waals surface area (Å²) >= 11 is 0. The standard InChI is InChI=1S/C18H27N3O/c22-18(17-9-3-4-10-19-17)21-13-7-8-16(15-21)14-20-11-5-1-2-6-12-20/h3-4,9-10,16H,1-2,5-8,11-15H2. The highest BCUT2D eigenvalue weighted by Gasteiger charge is 2.26. The SMILES string of the molecule is O=C(c1ccccn1)N1CCCC(CN2CCCCCC2)C1. The summed E-state index contributed by atoms with van der Waals surface area (Å²) in [6.45, 7) is 5.42. The first kappa shape index (κ1) is 15.5. The molecule has 0 radical (unpaired) electrons. The van der Waals surface area contributed by atoms with Crippen LogP contribution in [0.3, 0.4) is 0 Å². The van der Waals surface area contributed by atoms with Crippen molar-refractivity contribution in [2.75, 3.05) is 32.7 Å². The lowest BCUT2D eigenvalue weighted by molar-refractivity contribution is 0.0635. The van der Waals surface area contributed by atoms with Crippen LogP contribution < -0.4 is 0 Å². The molecule has 0 saturated carbocycles. The second-order valence-corrected chi connectivity index (χ2v) is 6.69. The van der Waals surface area contributed by atoms with E-state index in [1.807, 2.05) is 23.1 Å². The first-order chi connectivity index (χ1) is 10.8. The Bertz CT molecular complexity index is 468. The topological polar surface area (TPSA) is 36.4 Å². The van der Waals surface area contributed by atoms with Gasteiger partial charge in [0, 0.05) is 25.8 Å². The molecule has 4 heteroatoms. The monoisotopic (exact) mass is 301 g/mol. The zero-order chi connectivity index (χ0) is 15.2. The average Bonchev–Trinajstić information content (AvgIpc) is 2.84. The second-order valence-electron chi connectivity index (χ2n) is 6.69. The summed E-state index contributed by atoms with van der Waals surface area (Å²) in [4.78, 5) is 21.4. The van der Waals surface area contributed by atoms with Gasteiger partial charge in [-0.3, -0.25) is 9.78 Å². The molecule has 4 nitrogen and oxygen atoms in total. The second kappa shape index (κ2) is 7.73. The molecule has 2 aliphatic rings. The van der Waals surface area contributed by atoms with E-state index in [1.165, 1.54) is 45.2 Å². The van der Waals surface area contributed by atoms with Gasteiger partial charge in [0.25, 0.3) is 5.91 Å². The van der Waals surface area contributed by atoms with Gasteiger partial charge in [-0.2, -0.15) is 0 Å². The molecule has 2 fully saturated rings. The minimum Gasteiger partial charge on any atom is -0.337 e. The minimum absolute atomic E-state index is 0.0983. The number of amides is 1. The molecule has 22 heavy (non-hydrogen) atoms. The smallest absolute Gasteiger partial charge is 0.272 e. The lowest BCUT2D eigenvalue weighted by Gasteiger charge is -2.35. The number of aromatic nitrogens is 1. The normalized spacial score (nSPS) is 24.0. The first-order valence-electron chi connectivity index (χ1n) is 8.75. The molecule has 0 N–H and O–H groups in total. The molecule has 2 aliphatic heterocycles. The molecular formula is C18H27N3O. The number of likely N-dealkylation sites (tertiary alicyclic amines) is 2. The van der Waals surface area contributed by atoms with E-state index in [0.29, 0.717) is 11.6 Å². The van der Waals surface area contributed by atoms with Crippen molar-refractivity contribution in [2.45, 2.75) is 38.5 Å². The van der Waals surface area contributed by atoms with Gasteiger partial charge in [-0.15, -0.1) is 0 Å². The maximum absolute atomic E-state index is 12.5. The van der Waals surface area contributed by atoms with Crippen molar-refractivity contribution in [2.24, 2.45) is 5.92 Å². The van der Waals surface area contributed by atoms with E-state index in [9.17, 15) is 4.79 Å². The van der Waals surface area contributed by atoms with E-state index < -0.39 is 0 Å². The van der Waals surface area contributed by atoms with E-state index in [0.717, 1.165) is 26.1 Å². The van der Waals surface area contributed by atoms with Crippen LogP contribution in [0.2, 0.25) is 0 Å². The van der Waals surface area contributed by atoms with Crippen molar-refractivity contribution in [3.8, 4) is 0 Å². The van der Waals surface area contributed by atoms with Gasteiger partial charge >= 0.3 is 0 Å². The van der Waals surface area contributed by atoms with Gasteiger partial charge in [-0.1, -0.05) is 18.9 Å². The van der Waals surface area contributed by atoms with Crippen LogP contribution in [0.1, 0.15) is 49.0 Å². The largest absolute Gasteiger partial charge is 0.337 e. The molecular weight excluding hydrogens is 274 g/mol. The van der Waals surface area contributed by atoms with Crippen molar-refractivity contribution in [1.29, 1.82) is 0 Å². The Labute approximate surface area is 133 Å². The molecule has 1 aromatic heterocycles. The van der Waals surface area contributed by atoms with E-state index >= 15 is 0 Å². The highest BCUT2D eigenvalue weighted by molar-refractivity contribution is 5.92. The number of nitrogens with zero attached hydrogens (tertiary/aromatic N) is 3. The van der Waals surface area contributed by atoms with Crippen LogP contribution >= 0.6 is 0 Å². The lowest BCUT2D eigenvalue weighted by Crippen LogP contribution is -2.44. The van der Waals surface area contributed by atoms with E-state index in [2.05, 4.69) is 9.88 Å². The van der Waals surface area contributed by atoms with Gasteiger partial charge in [0.05, 0.1) is 0 Å². The fraction of sp³-hybridized carbons (Fsp3) is 0.667. The Balaban J connectivity index is 1.56. The van der Waals surface area contributed by atoms with Crippen molar-refractivity contribution >= 4 is 5.91 Å². The van der Waals surface area contributed by atoms with Crippen molar-refractivity contribution < 1.29 is 4.79 Å². The Morgan fingerprint density at radius 1 is 1.09 bits per heavy atom. The van der Waals surface area contributed by atoms with Crippen LogP contribution in [0.4, 0.5) is 0 Å². The van der Waals surface area contributed by atoms with Crippen LogP contribution in [-0.2, 0) is 0 Å². The summed E-state index contributed by atoms with van der Waals surface area (Å²) in [5, 5.41) is 0. The predicted octanol–water partition coefficient (Wildman–Crippen LogP) is 2.81. The lowest BCUT2D eigenvalue weighted by atomic mass is 9.97. The quantitative estimate of drug-likeness (QED) is 0.861. The highest BCUT2D eigenvalue weighted by atomic mass is 16.2. The van der Waals surface area contributed by atoms with Crippen molar-refractivity contribution in [3.05, 3.63) is 30.1 Å². The average molecular weight is 301 g/mol. The Kier molecular flexibility index (Phi) is 5.43. The van der Waals surface area contributed by atoms with Crippen molar-refractivity contribution in [3.63, 3.8) is 0 Å². The number of hydrogen-bond acceptors (Lipinski definition) is 3. The van der Waals surface area contributed by atoms with Gasteiger partial charge in [0.1, 0.15) is 5.69 Å². The first-order valence-corrected chi connectivity index (χ1v) is 8.75. The Morgan fingerprint density at radius 3 is 2.64 bits per heavy atom. The van der Waals surface area contributed by atoms with Gasteiger partial charge < -0.3 is 9.80 Å². The molecule has 3 heterocycles. The van der Waals surface area contributed by atoms with Crippen LogP contribution in [0.15, 0.2) is 24.4 Å². The van der Waals surface area contributed by atoms with Crippen LogP contribution in [-0.4, -0.2) is 53.4 Å². The maximum Gasteiger partial charge on any atom is 0.272 e. The summed E-state index contributed by atoms with van der Waals surface area (Å²) in [7, 11) is 0. The molecule has 120 valence electrons. The summed E-state index contributed by atoms with van der Waals surface area (Å²) in [5.74, 6) is 0.723. The Morgan fingerprint density at radius 2 is 1.91 bits per heavy atom. The van der Waals surface area contributed by atoms with Crippen LogP contribution in [0, 0.1) is 5.92 Å². The van der Waals surface area contributed by atoms with Crippen LogP contribution in [0.5, 0.6) is 0 Å². The van der Waals surface area contributed by atoms with Gasteiger partial charge in [-0.05, 0) is 56.8 Å². The van der Waals surface area contributed by atoms with Gasteiger partial charge in [-0.25, -0.2) is 0 Å². The van der Waals surface area contributed by atoms with E-state index in [4.69, 9.17) is 0 Å². The number of carbonyl (C=O) groups is 1. The molecule has 2 saturated heterocycles. The molecule has 1 unspecified atom stereocenters. The third kappa shape index (κ3) is 4.07. The minimum atomic E-state index is 0.0983. The molecule has 3 rings (SSSR count). The maximum atomic E-state index is 12.5. The Hall–Kier alpha value is -1.42. The summed E-state index contributed by atoms with van der Waals surface area (Å²) < 4.78 is 0. The number of pyridine rings is 1. The molecule has 0 aliphatic carbocycles. The molecule has 0 spiro atoms. The highest BCUT2D eigenvalue weighted by Crippen LogP contribution is 2.21. The fourth-order valence-corrected chi connectivity index (χ4v) is 3.73. The van der Waals surface area contributed by atoms with E-state index in [-0.39, 0.29) is 5.91 Å². The summed E-state index contributed by atoms with van der Waals surface area (Å²) in [6.07, 6.45) is 9.51. The molecule has 1 amide bonds. The number of rotatable bonds is 3. The zero-order valence-corrected chi connectivity index (χ0v) is 13.4. The van der Waals surface area contributed by atoms with Crippen molar-refractivity contribution in [1.82, 2.24) is 14.8 Å². The molecule has 0 bridgehead atoms. The van der Waals surface area contributed by atoms with E-state index in [1.54, 1.807) is 6.20 Å². The number of hydrogen-bond donors (Lipinski definition) is 0.